The zero-order valence-electron chi connectivity index (χ0n) is 13.5. The molecular weight excluding hydrogens is 288 g/mol. The number of nitrogens with two attached hydrogens (primary N) is 1. The van der Waals surface area contributed by atoms with E-state index in [1.807, 2.05) is 62.4 Å². The summed E-state index contributed by atoms with van der Waals surface area (Å²) in [6, 6.07) is 15.4. The maximum absolute atomic E-state index is 10.6. The molecule has 1 aliphatic heterocycles. The van der Waals surface area contributed by atoms with Crippen LogP contribution in [-0.2, 0) is 11.3 Å². The fourth-order valence-electron chi connectivity index (χ4n) is 2.71. The number of hydrogen-bond donors (Lipinski definition) is 2. The molecule has 0 aliphatic carbocycles. The molecular formula is C19H22N2O2. The molecule has 3 rings (SSSR count). The molecule has 2 aromatic rings. The van der Waals surface area contributed by atoms with E-state index in [1.54, 1.807) is 0 Å². The normalized spacial score (nSPS) is 17.5. The molecule has 0 spiro atoms. The zero-order chi connectivity index (χ0) is 16.4. The van der Waals surface area contributed by atoms with Gasteiger partial charge in [0, 0.05) is 12.1 Å². The lowest BCUT2D eigenvalue weighted by atomic mass is 9.96. The van der Waals surface area contributed by atoms with Crippen molar-refractivity contribution >= 4 is 5.90 Å². The number of ether oxygens (including phenoxy) is 1. The first-order valence-corrected chi connectivity index (χ1v) is 7.79. The molecule has 23 heavy (non-hydrogen) atoms. The first-order valence-electron chi connectivity index (χ1n) is 7.79. The molecule has 0 fully saturated rings. The number of nitrogens with zero attached hydrogens (tertiary/aromatic N) is 1. The van der Waals surface area contributed by atoms with E-state index in [1.165, 1.54) is 0 Å². The van der Waals surface area contributed by atoms with E-state index in [2.05, 4.69) is 4.99 Å². The molecule has 0 radical (unpaired) electrons. The van der Waals surface area contributed by atoms with Crippen LogP contribution >= 0.6 is 0 Å². The quantitative estimate of drug-likeness (QED) is 0.912. The van der Waals surface area contributed by atoms with E-state index in [4.69, 9.17) is 10.5 Å². The Morgan fingerprint density at radius 1 is 1.17 bits per heavy atom. The van der Waals surface area contributed by atoms with Crippen molar-refractivity contribution in [1.29, 1.82) is 0 Å². The summed E-state index contributed by atoms with van der Waals surface area (Å²) in [6.45, 7) is 5.09. The minimum Gasteiger partial charge on any atom is -0.475 e. The highest BCUT2D eigenvalue weighted by molar-refractivity contribution is 5.95. The molecule has 120 valence electrons. The monoisotopic (exact) mass is 310 g/mol. The molecule has 1 unspecified atom stereocenters. The predicted molar refractivity (Wildman–Crippen MR) is 91.4 cm³/mol. The number of rotatable bonds is 4. The molecule has 1 aliphatic rings. The SMILES string of the molecule is CC1(C)COC(c2ccc(C(O)c3ccccc3CN)cc2)=N1. The largest absolute Gasteiger partial charge is 0.475 e. The summed E-state index contributed by atoms with van der Waals surface area (Å²) < 4.78 is 5.65. The van der Waals surface area contributed by atoms with Gasteiger partial charge in [-0.05, 0) is 42.7 Å². The van der Waals surface area contributed by atoms with Crippen molar-refractivity contribution in [2.24, 2.45) is 10.7 Å². The molecule has 0 aromatic heterocycles. The lowest BCUT2D eigenvalue weighted by Crippen LogP contribution is -2.17. The zero-order valence-corrected chi connectivity index (χ0v) is 13.5. The molecule has 1 atom stereocenters. The number of benzene rings is 2. The molecule has 0 amide bonds. The van der Waals surface area contributed by atoms with Gasteiger partial charge < -0.3 is 15.6 Å². The number of hydrogen-bond acceptors (Lipinski definition) is 4. The van der Waals surface area contributed by atoms with Gasteiger partial charge in [-0.25, -0.2) is 4.99 Å². The fraction of sp³-hybridized carbons (Fsp3) is 0.316. The van der Waals surface area contributed by atoms with Crippen molar-refractivity contribution in [3.8, 4) is 0 Å². The van der Waals surface area contributed by atoms with Crippen LogP contribution in [0.4, 0.5) is 0 Å². The van der Waals surface area contributed by atoms with E-state index < -0.39 is 6.10 Å². The van der Waals surface area contributed by atoms with Gasteiger partial charge in [-0.1, -0.05) is 36.4 Å². The smallest absolute Gasteiger partial charge is 0.216 e. The molecule has 1 heterocycles. The van der Waals surface area contributed by atoms with Gasteiger partial charge in [0.15, 0.2) is 0 Å². The second-order valence-electron chi connectivity index (χ2n) is 6.45. The van der Waals surface area contributed by atoms with E-state index >= 15 is 0 Å². The molecule has 4 heteroatoms. The summed E-state index contributed by atoms with van der Waals surface area (Å²) in [5.74, 6) is 0.665. The van der Waals surface area contributed by atoms with E-state index in [-0.39, 0.29) is 5.54 Å². The van der Waals surface area contributed by atoms with Gasteiger partial charge in [-0.2, -0.15) is 0 Å². The third-order valence-electron chi connectivity index (χ3n) is 4.01. The minimum absolute atomic E-state index is 0.173. The second kappa shape index (κ2) is 6.14. The average Bonchev–Trinajstić information content (AvgIpc) is 2.94. The Morgan fingerprint density at radius 3 is 2.48 bits per heavy atom. The first-order chi connectivity index (χ1) is 11.0. The van der Waals surface area contributed by atoms with E-state index in [0.29, 0.717) is 19.0 Å². The predicted octanol–water partition coefficient (Wildman–Crippen LogP) is 2.78. The summed E-state index contributed by atoms with van der Waals surface area (Å²) in [5, 5.41) is 10.6. The summed E-state index contributed by atoms with van der Waals surface area (Å²) in [7, 11) is 0. The topological polar surface area (TPSA) is 67.8 Å². The highest BCUT2D eigenvalue weighted by Crippen LogP contribution is 2.26. The van der Waals surface area contributed by atoms with Crippen LogP contribution in [0, 0.1) is 0 Å². The van der Waals surface area contributed by atoms with Gasteiger partial charge >= 0.3 is 0 Å². The van der Waals surface area contributed by atoms with Crippen molar-refractivity contribution in [2.45, 2.75) is 32.0 Å². The van der Waals surface area contributed by atoms with Gasteiger partial charge in [0.2, 0.25) is 5.90 Å². The third-order valence-corrected chi connectivity index (χ3v) is 4.01. The standard InChI is InChI=1S/C19H22N2O2/c1-19(2)12-23-18(21-19)14-9-7-13(8-10-14)17(22)16-6-4-3-5-15(16)11-20/h3-10,17,22H,11-12,20H2,1-2H3. The molecule has 0 bridgehead atoms. The Hall–Kier alpha value is -2.17. The lowest BCUT2D eigenvalue weighted by Gasteiger charge is -2.15. The summed E-state index contributed by atoms with van der Waals surface area (Å²) in [6.07, 6.45) is -0.688. The van der Waals surface area contributed by atoms with Crippen LogP contribution in [0.1, 0.15) is 42.2 Å². The number of aliphatic hydroxyl groups is 1. The van der Waals surface area contributed by atoms with Gasteiger partial charge in [0.25, 0.3) is 0 Å². The number of aliphatic hydroxyl groups excluding tert-OH is 1. The number of aliphatic imine (C=N–C) groups is 1. The van der Waals surface area contributed by atoms with Crippen LogP contribution in [0.5, 0.6) is 0 Å². The van der Waals surface area contributed by atoms with Crippen LogP contribution in [0.3, 0.4) is 0 Å². The summed E-state index contributed by atoms with van der Waals surface area (Å²) >= 11 is 0. The Morgan fingerprint density at radius 2 is 1.87 bits per heavy atom. The Bertz CT molecular complexity index is 720. The fourth-order valence-corrected chi connectivity index (χ4v) is 2.71. The lowest BCUT2D eigenvalue weighted by molar-refractivity contribution is 0.219. The molecule has 4 nitrogen and oxygen atoms in total. The van der Waals surface area contributed by atoms with E-state index in [9.17, 15) is 5.11 Å². The van der Waals surface area contributed by atoms with Crippen LogP contribution in [0.2, 0.25) is 0 Å². The molecule has 3 N–H and O–H groups in total. The maximum Gasteiger partial charge on any atom is 0.216 e. The van der Waals surface area contributed by atoms with Crippen molar-refractivity contribution in [3.05, 3.63) is 70.8 Å². The Balaban J connectivity index is 1.85. The summed E-state index contributed by atoms with van der Waals surface area (Å²) in [4.78, 5) is 4.57. The highest BCUT2D eigenvalue weighted by Gasteiger charge is 2.27. The average molecular weight is 310 g/mol. The van der Waals surface area contributed by atoms with Gasteiger partial charge in [0.1, 0.15) is 12.7 Å². The Kier molecular flexibility index (Phi) is 4.20. The van der Waals surface area contributed by atoms with Crippen LogP contribution in [-0.4, -0.2) is 23.2 Å². The van der Waals surface area contributed by atoms with Gasteiger partial charge in [-0.15, -0.1) is 0 Å². The van der Waals surface area contributed by atoms with Crippen LogP contribution < -0.4 is 5.73 Å². The van der Waals surface area contributed by atoms with Crippen LogP contribution in [0.25, 0.3) is 0 Å². The van der Waals surface area contributed by atoms with E-state index in [0.717, 1.165) is 22.3 Å². The molecule has 2 aromatic carbocycles. The maximum atomic E-state index is 10.6. The van der Waals surface area contributed by atoms with Crippen molar-refractivity contribution in [1.82, 2.24) is 0 Å². The summed E-state index contributed by atoms with van der Waals surface area (Å²) in [5.41, 5.74) is 9.14. The third kappa shape index (κ3) is 3.28. The van der Waals surface area contributed by atoms with Gasteiger partial charge in [-0.3, -0.25) is 0 Å². The molecule has 0 saturated carbocycles. The van der Waals surface area contributed by atoms with Crippen molar-refractivity contribution in [2.75, 3.05) is 6.61 Å². The minimum atomic E-state index is -0.688. The van der Waals surface area contributed by atoms with Crippen LogP contribution in [0.15, 0.2) is 53.5 Å². The first kappa shape index (κ1) is 15.7. The second-order valence-corrected chi connectivity index (χ2v) is 6.45. The van der Waals surface area contributed by atoms with Crippen molar-refractivity contribution < 1.29 is 9.84 Å². The van der Waals surface area contributed by atoms with Crippen molar-refractivity contribution in [3.63, 3.8) is 0 Å². The molecule has 0 saturated heterocycles. The Labute approximate surface area is 136 Å². The van der Waals surface area contributed by atoms with Gasteiger partial charge in [0.05, 0.1) is 5.54 Å². The highest BCUT2D eigenvalue weighted by atomic mass is 16.5.